The van der Waals surface area contributed by atoms with Gasteiger partial charge in [0.25, 0.3) is 10.0 Å². The molecule has 0 fully saturated rings. The molecule has 0 aliphatic rings. The molecule has 8 nitrogen and oxygen atoms in total. The molecule has 0 aliphatic heterocycles. The van der Waals surface area contributed by atoms with Crippen molar-refractivity contribution in [2.45, 2.75) is 11.8 Å². The van der Waals surface area contributed by atoms with Crippen molar-refractivity contribution in [2.75, 3.05) is 10.0 Å². The Bertz CT molecular complexity index is 1180. The summed E-state index contributed by atoms with van der Waals surface area (Å²) in [5.74, 6) is -0.904. The summed E-state index contributed by atoms with van der Waals surface area (Å²) in [6.07, 6.45) is 0. The first-order valence-corrected chi connectivity index (χ1v) is 9.23. The third-order valence-electron chi connectivity index (χ3n) is 3.57. The van der Waals surface area contributed by atoms with Crippen LogP contribution in [0.15, 0.2) is 50.5 Å². The second-order valence-electron chi connectivity index (χ2n) is 5.54. The SMILES string of the molecule is CC(=O)Nc1cccc(NS(=O)(=O)c2cc3oc(=O)n(C)c3cc2Cl)c1. The molecule has 3 aromatic rings. The van der Waals surface area contributed by atoms with Crippen LogP contribution >= 0.6 is 11.6 Å². The van der Waals surface area contributed by atoms with E-state index in [1.54, 1.807) is 12.1 Å². The van der Waals surface area contributed by atoms with Gasteiger partial charge in [0.05, 0.1) is 16.2 Å². The van der Waals surface area contributed by atoms with E-state index < -0.39 is 15.8 Å². The molecule has 1 amide bonds. The van der Waals surface area contributed by atoms with Gasteiger partial charge in [0.2, 0.25) is 5.91 Å². The van der Waals surface area contributed by atoms with Crippen LogP contribution in [0, 0.1) is 0 Å². The standard InChI is InChI=1S/C16H14ClN3O5S/c1-9(21)18-10-4-3-5-11(6-10)19-26(23,24)15-8-14-13(7-12(15)17)20(2)16(22)25-14/h3-8,19H,1-2H3,(H,18,21). The molecule has 0 unspecified atom stereocenters. The summed E-state index contributed by atoms with van der Waals surface area (Å²) in [6, 6.07) is 8.75. The van der Waals surface area contributed by atoms with Gasteiger partial charge < -0.3 is 9.73 Å². The van der Waals surface area contributed by atoms with Crippen molar-refractivity contribution in [1.82, 2.24) is 4.57 Å². The van der Waals surface area contributed by atoms with Crippen molar-refractivity contribution in [3.05, 3.63) is 52.0 Å². The summed E-state index contributed by atoms with van der Waals surface area (Å²) < 4.78 is 34.0. The maximum atomic E-state index is 12.7. The fourth-order valence-corrected chi connectivity index (χ4v) is 4.00. The topological polar surface area (TPSA) is 110 Å². The highest BCUT2D eigenvalue weighted by Gasteiger charge is 2.21. The van der Waals surface area contributed by atoms with E-state index in [-0.39, 0.29) is 27.1 Å². The first-order chi connectivity index (χ1) is 12.2. The van der Waals surface area contributed by atoms with E-state index in [0.717, 1.165) is 0 Å². The highest BCUT2D eigenvalue weighted by molar-refractivity contribution is 7.92. The van der Waals surface area contributed by atoms with E-state index in [1.807, 2.05) is 0 Å². The first kappa shape index (κ1) is 18.0. The van der Waals surface area contributed by atoms with Crippen LogP contribution in [0.3, 0.4) is 0 Å². The maximum Gasteiger partial charge on any atom is 0.419 e. The summed E-state index contributed by atoms with van der Waals surface area (Å²) in [7, 11) is -2.56. The molecule has 0 radical (unpaired) electrons. The molecule has 136 valence electrons. The molecule has 0 atom stereocenters. The Balaban J connectivity index is 2.01. The van der Waals surface area contributed by atoms with E-state index >= 15 is 0 Å². The molecular formula is C16H14ClN3O5S. The molecule has 2 aromatic carbocycles. The molecule has 1 heterocycles. The summed E-state index contributed by atoms with van der Waals surface area (Å²) in [5.41, 5.74) is 1.16. The van der Waals surface area contributed by atoms with Crippen molar-refractivity contribution in [3.63, 3.8) is 0 Å². The highest BCUT2D eigenvalue weighted by atomic mass is 35.5. The normalized spacial score (nSPS) is 11.5. The molecule has 1 aromatic heterocycles. The summed E-state index contributed by atoms with van der Waals surface area (Å²) >= 11 is 6.10. The average Bonchev–Trinajstić information content (AvgIpc) is 2.80. The predicted molar refractivity (Wildman–Crippen MR) is 98.0 cm³/mol. The number of amides is 1. The van der Waals surface area contributed by atoms with Crippen LogP contribution in [-0.4, -0.2) is 18.9 Å². The lowest BCUT2D eigenvalue weighted by molar-refractivity contribution is -0.114. The van der Waals surface area contributed by atoms with Gasteiger partial charge in [-0.25, -0.2) is 13.2 Å². The minimum absolute atomic E-state index is 0.0561. The number of hydrogen-bond acceptors (Lipinski definition) is 5. The Labute approximate surface area is 153 Å². The Morgan fingerprint density at radius 1 is 1.19 bits per heavy atom. The van der Waals surface area contributed by atoms with Gasteiger partial charge >= 0.3 is 5.76 Å². The zero-order valence-corrected chi connectivity index (χ0v) is 15.3. The maximum absolute atomic E-state index is 12.7. The number of rotatable bonds is 4. The van der Waals surface area contributed by atoms with Gasteiger partial charge in [-0.1, -0.05) is 17.7 Å². The second-order valence-corrected chi connectivity index (χ2v) is 7.60. The summed E-state index contributed by atoms with van der Waals surface area (Å²) in [5, 5.41) is 2.51. The lowest BCUT2D eigenvalue weighted by Gasteiger charge is -2.11. The van der Waals surface area contributed by atoms with Gasteiger partial charge in [0, 0.05) is 25.7 Å². The minimum atomic E-state index is -4.05. The zero-order valence-electron chi connectivity index (χ0n) is 13.7. The van der Waals surface area contributed by atoms with Gasteiger partial charge in [-0.15, -0.1) is 0 Å². The molecule has 3 rings (SSSR count). The van der Waals surface area contributed by atoms with Crippen LogP contribution in [-0.2, 0) is 21.9 Å². The van der Waals surface area contributed by atoms with Crippen molar-refractivity contribution >= 4 is 50.0 Å². The molecule has 2 N–H and O–H groups in total. The predicted octanol–water partition coefficient (Wildman–Crippen LogP) is 2.54. The van der Waals surface area contributed by atoms with Gasteiger partial charge in [-0.3, -0.25) is 14.1 Å². The number of carbonyl (C=O) groups is 1. The molecule has 0 bridgehead atoms. The van der Waals surface area contributed by atoms with Gasteiger partial charge in [-0.2, -0.15) is 0 Å². The Morgan fingerprint density at radius 2 is 1.88 bits per heavy atom. The molecule has 0 saturated carbocycles. The van der Waals surface area contributed by atoms with Crippen LogP contribution in [0.2, 0.25) is 5.02 Å². The fourth-order valence-electron chi connectivity index (χ4n) is 2.41. The van der Waals surface area contributed by atoms with Crippen LogP contribution in [0.1, 0.15) is 6.92 Å². The first-order valence-electron chi connectivity index (χ1n) is 7.37. The van der Waals surface area contributed by atoms with Crippen LogP contribution in [0.4, 0.5) is 11.4 Å². The third kappa shape index (κ3) is 3.44. The number of oxazole rings is 1. The number of anilines is 2. The monoisotopic (exact) mass is 395 g/mol. The number of sulfonamides is 1. The quantitative estimate of drug-likeness (QED) is 0.705. The average molecular weight is 396 g/mol. The highest BCUT2D eigenvalue weighted by Crippen LogP contribution is 2.29. The number of hydrogen-bond donors (Lipinski definition) is 2. The number of benzene rings is 2. The molecular weight excluding hydrogens is 382 g/mol. The number of fused-ring (bicyclic) bond motifs is 1. The fraction of sp³-hybridized carbons (Fsp3) is 0.125. The van der Waals surface area contributed by atoms with E-state index in [0.29, 0.717) is 11.2 Å². The Hall–Kier alpha value is -2.78. The zero-order chi connectivity index (χ0) is 19.1. The van der Waals surface area contributed by atoms with E-state index in [4.69, 9.17) is 16.0 Å². The third-order valence-corrected chi connectivity index (χ3v) is 5.42. The van der Waals surface area contributed by atoms with E-state index in [2.05, 4.69) is 10.0 Å². The van der Waals surface area contributed by atoms with Gasteiger partial charge in [0.15, 0.2) is 5.58 Å². The number of nitrogens with zero attached hydrogens (tertiary/aromatic N) is 1. The van der Waals surface area contributed by atoms with E-state index in [9.17, 15) is 18.0 Å². The molecule has 10 heteroatoms. The van der Waals surface area contributed by atoms with E-state index in [1.165, 1.54) is 42.8 Å². The Kier molecular flexibility index (Phi) is 4.51. The number of halogens is 1. The molecule has 0 spiro atoms. The van der Waals surface area contributed by atoms with Gasteiger partial charge in [-0.05, 0) is 24.3 Å². The number of carbonyl (C=O) groups excluding carboxylic acids is 1. The van der Waals surface area contributed by atoms with Crippen molar-refractivity contribution in [1.29, 1.82) is 0 Å². The number of aryl methyl sites for hydroxylation is 1. The van der Waals surface area contributed by atoms with Crippen molar-refractivity contribution < 1.29 is 17.6 Å². The van der Waals surface area contributed by atoms with Crippen molar-refractivity contribution in [3.8, 4) is 0 Å². The molecule has 26 heavy (non-hydrogen) atoms. The van der Waals surface area contributed by atoms with Crippen molar-refractivity contribution in [2.24, 2.45) is 7.05 Å². The van der Waals surface area contributed by atoms with Crippen LogP contribution < -0.4 is 15.8 Å². The minimum Gasteiger partial charge on any atom is -0.408 e. The lowest BCUT2D eigenvalue weighted by atomic mass is 10.3. The largest absolute Gasteiger partial charge is 0.419 e. The summed E-state index contributed by atoms with van der Waals surface area (Å²) in [4.78, 5) is 22.5. The van der Waals surface area contributed by atoms with Gasteiger partial charge in [0.1, 0.15) is 4.90 Å². The number of nitrogens with one attached hydrogen (secondary N) is 2. The summed E-state index contributed by atoms with van der Waals surface area (Å²) in [6.45, 7) is 1.35. The van der Waals surface area contributed by atoms with Crippen LogP contribution in [0.25, 0.3) is 11.1 Å². The second kappa shape index (κ2) is 6.50. The lowest BCUT2D eigenvalue weighted by Crippen LogP contribution is -2.14. The smallest absolute Gasteiger partial charge is 0.408 e. The molecule has 0 saturated heterocycles. The number of aromatic nitrogens is 1. The van der Waals surface area contributed by atoms with Crippen LogP contribution in [0.5, 0.6) is 0 Å². The Morgan fingerprint density at radius 3 is 2.58 bits per heavy atom. The molecule has 0 aliphatic carbocycles.